The monoisotopic (exact) mass is 327 g/mol. The summed E-state index contributed by atoms with van der Waals surface area (Å²) in [5, 5.41) is 0.504. The van der Waals surface area contributed by atoms with Crippen LogP contribution in [0.4, 0.5) is 0 Å². The molecule has 2 N–H and O–H groups in total. The smallest absolute Gasteiger partial charge is 0.323 e. The topological polar surface area (TPSA) is 61.5 Å². The molecule has 1 unspecified atom stereocenters. The van der Waals surface area contributed by atoms with Crippen molar-refractivity contribution in [1.82, 2.24) is 0 Å². The van der Waals surface area contributed by atoms with Crippen molar-refractivity contribution in [3.8, 4) is 5.75 Å². The Hall–Kier alpha value is -1.26. The molecule has 22 heavy (non-hydrogen) atoms. The van der Waals surface area contributed by atoms with E-state index in [0.29, 0.717) is 17.2 Å². The summed E-state index contributed by atoms with van der Waals surface area (Å²) in [6, 6.07) is 4.71. The van der Waals surface area contributed by atoms with E-state index in [1.807, 2.05) is 47.6 Å². The van der Waals surface area contributed by atoms with Gasteiger partial charge in [-0.3, -0.25) is 4.79 Å². The molecule has 124 valence electrons. The summed E-state index contributed by atoms with van der Waals surface area (Å²) in [4.78, 5) is 11.9. The van der Waals surface area contributed by atoms with Crippen molar-refractivity contribution in [2.75, 3.05) is 0 Å². The molecule has 0 heterocycles. The number of carbonyl (C=O) groups is 1. The van der Waals surface area contributed by atoms with E-state index >= 15 is 0 Å². The molecular weight excluding hydrogens is 302 g/mol. The molecule has 0 radical (unpaired) electrons. The van der Waals surface area contributed by atoms with E-state index in [1.165, 1.54) is 0 Å². The van der Waals surface area contributed by atoms with Gasteiger partial charge < -0.3 is 15.2 Å². The first-order chi connectivity index (χ1) is 9.87. The maximum absolute atomic E-state index is 11.9. The third-order valence-electron chi connectivity index (χ3n) is 2.58. The molecule has 0 aliphatic heterocycles. The summed E-state index contributed by atoms with van der Waals surface area (Å²) in [5.41, 5.74) is 5.90. The Kier molecular flexibility index (Phi) is 5.88. The Morgan fingerprint density at radius 2 is 1.77 bits per heavy atom. The van der Waals surface area contributed by atoms with Crippen molar-refractivity contribution in [1.29, 1.82) is 0 Å². The number of esters is 1. The van der Waals surface area contributed by atoms with Crippen molar-refractivity contribution < 1.29 is 14.3 Å². The molecule has 0 aliphatic rings. The largest absolute Gasteiger partial charge is 0.487 e. The normalized spacial score (nSPS) is 13.6. The minimum atomic E-state index is -0.718. The molecule has 0 aliphatic carbocycles. The second kappa shape index (κ2) is 6.88. The van der Waals surface area contributed by atoms with Crippen LogP contribution in [0.15, 0.2) is 18.2 Å². The highest BCUT2D eigenvalue weighted by atomic mass is 35.5. The van der Waals surface area contributed by atoms with Crippen LogP contribution in [0.1, 0.15) is 47.1 Å². The molecular formula is C17H26ClNO3. The van der Waals surface area contributed by atoms with Gasteiger partial charge in [0, 0.05) is 0 Å². The third kappa shape index (κ3) is 6.67. The van der Waals surface area contributed by atoms with Gasteiger partial charge in [-0.15, -0.1) is 0 Å². The minimum absolute atomic E-state index is 0.321. The van der Waals surface area contributed by atoms with E-state index in [-0.39, 0.29) is 5.60 Å². The predicted molar refractivity (Wildman–Crippen MR) is 89.4 cm³/mol. The Labute approximate surface area is 137 Å². The van der Waals surface area contributed by atoms with E-state index in [0.717, 1.165) is 5.56 Å². The van der Waals surface area contributed by atoms with Crippen LogP contribution in [0.25, 0.3) is 0 Å². The fraction of sp³-hybridized carbons (Fsp3) is 0.588. The third-order valence-corrected chi connectivity index (χ3v) is 2.87. The van der Waals surface area contributed by atoms with Crippen molar-refractivity contribution in [2.24, 2.45) is 5.73 Å². The molecule has 1 rings (SSSR count). The van der Waals surface area contributed by atoms with Gasteiger partial charge in [-0.05, 0) is 65.7 Å². The minimum Gasteiger partial charge on any atom is -0.487 e. The Bertz CT molecular complexity index is 530. The lowest BCUT2D eigenvalue weighted by Crippen LogP contribution is -2.38. The van der Waals surface area contributed by atoms with E-state index in [1.54, 1.807) is 12.1 Å². The SMILES string of the molecule is CC(C)(C)OC(=O)C(N)Cc1ccc(OC(C)(C)C)c(Cl)c1. The molecule has 0 saturated carbocycles. The summed E-state index contributed by atoms with van der Waals surface area (Å²) in [5.74, 6) is 0.197. The zero-order valence-electron chi connectivity index (χ0n) is 14.2. The van der Waals surface area contributed by atoms with Gasteiger partial charge in [0.15, 0.2) is 0 Å². The first kappa shape index (κ1) is 18.8. The van der Waals surface area contributed by atoms with Crippen molar-refractivity contribution >= 4 is 17.6 Å². The number of nitrogens with two attached hydrogens (primary N) is 1. The molecule has 0 spiro atoms. The Morgan fingerprint density at radius 3 is 2.23 bits per heavy atom. The van der Waals surface area contributed by atoms with Crippen LogP contribution in [-0.2, 0) is 16.0 Å². The number of ether oxygens (including phenoxy) is 2. The molecule has 1 aromatic rings. The molecule has 4 nitrogen and oxygen atoms in total. The lowest BCUT2D eigenvalue weighted by molar-refractivity contribution is -0.156. The molecule has 1 atom stereocenters. The van der Waals surface area contributed by atoms with Crippen LogP contribution in [0.3, 0.4) is 0 Å². The molecule has 0 aromatic heterocycles. The Balaban J connectivity index is 2.75. The fourth-order valence-electron chi connectivity index (χ4n) is 1.80. The van der Waals surface area contributed by atoms with E-state index in [4.69, 9.17) is 26.8 Å². The molecule has 0 bridgehead atoms. The van der Waals surface area contributed by atoms with Gasteiger partial charge in [-0.25, -0.2) is 0 Å². The summed E-state index contributed by atoms with van der Waals surface area (Å²) in [6.45, 7) is 11.3. The van der Waals surface area contributed by atoms with Crippen LogP contribution in [0, 0.1) is 0 Å². The van der Waals surface area contributed by atoms with Gasteiger partial charge in [-0.1, -0.05) is 17.7 Å². The van der Waals surface area contributed by atoms with Crippen LogP contribution in [0.2, 0.25) is 5.02 Å². The zero-order valence-corrected chi connectivity index (χ0v) is 15.0. The zero-order chi connectivity index (χ0) is 17.1. The molecule has 0 amide bonds. The fourth-order valence-corrected chi connectivity index (χ4v) is 2.04. The molecule has 5 heteroatoms. The lowest BCUT2D eigenvalue weighted by atomic mass is 10.1. The summed E-state index contributed by atoms with van der Waals surface area (Å²) in [6.07, 6.45) is 0.366. The van der Waals surface area contributed by atoms with E-state index < -0.39 is 17.6 Å². The van der Waals surface area contributed by atoms with E-state index in [2.05, 4.69) is 0 Å². The highest BCUT2D eigenvalue weighted by Gasteiger charge is 2.23. The van der Waals surface area contributed by atoms with Crippen molar-refractivity contribution in [3.63, 3.8) is 0 Å². The summed E-state index contributed by atoms with van der Waals surface area (Å²) >= 11 is 6.22. The standard InChI is InChI=1S/C17H26ClNO3/c1-16(2,3)21-14-8-7-11(9-12(14)18)10-13(19)15(20)22-17(4,5)6/h7-9,13H,10,19H2,1-6H3. The second-order valence-electron chi connectivity index (χ2n) is 7.32. The van der Waals surface area contributed by atoms with E-state index in [9.17, 15) is 4.79 Å². The van der Waals surface area contributed by atoms with Crippen molar-refractivity contribution in [2.45, 2.75) is 65.2 Å². The lowest BCUT2D eigenvalue weighted by Gasteiger charge is -2.23. The Morgan fingerprint density at radius 1 is 1.18 bits per heavy atom. The van der Waals surface area contributed by atoms with Crippen molar-refractivity contribution in [3.05, 3.63) is 28.8 Å². The highest BCUT2D eigenvalue weighted by molar-refractivity contribution is 6.32. The molecule has 1 aromatic carbocycles. The number of carbonyl (C=O) groups excluding carboxylic acids is 1. The summed E-state index contributed by atoms with van der Waals surface area (Å²) in [7, 11) is 0. The number of hydrogen-bond donors (Lipinski definition) is 1. The maximum atomic E-state index is 11.9. The quantitative estimate of drug-likeness (QED) is 0.856. The average molecular weight is 328 g/mol. The van der Waals surface area contributed by atoms with Gasteiger partial charge in [0.05, 0.1) is 5.02 Å². The van der Waals surface area contributed by atoms with Crippen LogP contribution < -0.4 is 10.5 Å². The first-order valence-corrected chi connectivity index (χ1v) is 7.71. The van der Waals surface area contributed by atoms with Crippen LogP contribution in [0.5, 0.6) is 5.75 Å². The number of benzene rings is 1. The first-order valence-electron chi connectivity index (χ1n) is 7.33. The van der Waals surface area contributed by atoms with Gasteiger partial charge in [-0.2, -0.15) is 0 Å². The second-order valence-corrected chi connectivity index (χ2v) is 7.73. The number of rotatable bonds is 4. The molecule has 0 fully saturated rings. The highest BCUT2D eigenvalue weighted by Crippen LogP contribution is 2.29. The summed E-state index contributed by atoms with van der Waals surface area (Å²) < 4.78 is 11.0. The van der Waals surface area contributed by atoms with Crippen LogP contribution in [-0.4, -0.2) is 23.2 Å². The van der Waals surface area contributed by atoms with Crippen LogP contribution >= 0.6 is 11.6 Å². The average Bonchev–Trinajstić information content (AvgIpc) is 2.29. The molecule has 0 saturated heterocycles. The number of hydrogen-bond acceptors (Lipinski definition) is 4. The number of halogens is 1. The van der Waals surface area contributed by atoms with Gasteiger partial charge in [0.2, 0.25) is 0 Å². The van der Waals surface area contributed by atoms with Gasteiger partial charge >= 0.3 is 5.97 Å². The van der Waals surface area contributed by atoms with Gasteiger partial charge in [0.1, 0.15) is 23.0 Å². The predicted octanol–water partition coefficient (Wildman–Crippen LogP) is 3.73. The maximum Gasteiger partial charge on any atom is 0.323 e. The van der Waals surface area contributed by atoms with Gasteiger partial charge in [0.25, 0.3) is 0 Å².